The van der Waals surface area contributed by atoms with Crippen LogP contribution in [0.15, 0.2) is 12.1 Å². The van der Waals surface area contributed by atoms with Crippen molar-refractivity contribution in [2.75, 3.05) is 13.7 Å². The highest BCUT2D eigenvalue weighted by Crippen LogP contribution is 2.33. The Hall–Kier alpha value is -1.02. The van der Waals surface area contributed by atoms with Crippen LogP contribution in [0.25, 0.3) is 0 Å². The summed E-state index contributed by atoms with van der Waals surface area (Å²) in [5, 5.41) is 0. The molecule has 2 N–H and O–H groups in total. The molecule has 0 aliphatic carbocycles. The standard InChI is InChI=1S/C15H25NO/c1-6-12(9-16)14-8-13(10(2)3)15(17-5)7-11(14)4/h7-8,10,12H,6,9,16H2,1-5H3. The van der Waals surface area contributed by atoms with Crippen LogP contribution in [0.2, 0.25) is 0 Å². The number of hydrogen-bond donors (Lipinski definition) is 1. The van der Waals surface area contributed by atoms with Crippen LogP contribution in [0.5, 0.6) is 5.75 Å². The first-order chi connectivity index (χ1) is 8.04. The second-order valence-corrected chi connectivity index (χ2v) is 4.95. The van der Waals surface area contributed by atoms with E-state index in [-0.39, 0.29) is 0 Å². The fraction of sp³-hybridized carbons (Fsp3) is 0.600. The molecule has 0 bridgehead atoms. The number of aryl methyl sites for hydroxylation is 1. The van der Waals surface area contributed by atoms with Crippen LogP contribution in [0, 0.1) is 6.92 Å². The van der Waals surface area contributed by atoms with Gasteiger partial charge in [-0.25, -0.2) is 0 Å². The first-order valence-corrected chi connectivity index (χ1v) is 6.43. The van der Waals surface area contributed by atoms with Crippen molar-refractivity contribution in [1.82, 2.24) is 0 Å². The van der Waals surface area contributed by atoms with E-state index in [2.05, 4.69) is 39.8 Å². The molecule has 96 valence electrons. The Morgan fingerprint density at radius 3 is 2.29 bits per heavy atom. The van der Waals surface area contributed by atoms with E-state index in [1.807, 2.05) is 0 Å². The van der Waals surface area contributed by atoms with Crippen molar-refractivity contribution in [2.45, 2.75) is 46.0 Å². The molecule has 0 fully saturated rings. The average molecular weight is 235 g/mol. The Morgan fingerprint density at radius 2 is 1.88 bits per heavy atom. The van der Waals surface area contributed by atoms with Crippen LogP contribution >= 0.6 is 0 Å². The number of benzene rings is 1. The van der Waals surface area contributed by atoms with Gasteiger partial charge in [0.2, 0.25) is 0 Å². The van der Waals surface area contributed by atoms with Gasteiger partial charge in [-0.2, -0.15) is 0 Å². The van der Waals surface area contributed by atoms with Gasteiger partial charge < -0.3 is 10.5 Å². The van der Waals surface area contributed by atoms with Gasteiger partial charge in [0.15, 0.2) is 0 Å². The largest absolute Gasteiger partial charge is 0.496 e. The SMILES string of the molecule is CCC(CN)c1cc(C(C)C)c(OC)cc1C. The lowest BCUT2D eigenvalue weighted by atomic mass is 9.88. The fourth-order valence-electron chi connectivity index (χ4n) is 2.30. The summed E-state index contributed by atoms with van der Waals surface area (Å²) in [6.45, 7) is 9.43. The zero-order chi connectivity index (χ0) is 13.0. The van der Waals surface area contributed by atoms with Crippen LogP contribution in [-0.4, -0.2) is 13.7 Å². The first kappa shape index (κ1) is 14.0. The van der Waals surface area contributed by atoms with E-state index < -0.39 is 0 Å². The zero-order valence-electron chi connectivity index (χ0n) is 11.7. The van der Waals surface area contributed by atoms with E-state index in [9.17, 15) is 0 Å². The first-order valence-electron chi connectivity index (χ1n) is 6.43. The molecular weight excluding hydrogens is 210 g/mol. The Bertz CT molecular complexity index is 367. The molecule has 0 saturated carbocycles. The van der Waals surface area contributed by atoms with E-state index in [0.717, 1.165) is 12.2 Å². The van der Waals surface area contributed by atoms with Crippen LogP contribution < -0.4 is 10.5 Å². The molecule has 1 unspecified atom stereocenters. The Labute approximate surface area is 105 Å². The molecule has 0 amide bonds. The number of methoxy groups -OCH3 is 1. The number of rotatable bonds is 5. The van der Waals surface area contributed by atoms with Gasteiger partial charge in [-0.3, -0.25) is 0 Å². The summed E-state index contributed by atoms with van der Waals surface area (Å²) in [5.74, 6) is 1.92. The minimum absolute atomic E-state index is 0.457. The quantitative estimate of drug-likeness (QED) is 0.846. The second-order valence-electron chi connectivity index (χ2n) is 4.95. The monoisotopic (exact) mass is 235 g/mol. The molecule has 0 aromatic heterocycles. The number of ether oxygens (including phenoxy) is 1. The molecule has 2 nitrogen and oxygen atoms in total. The minimum atomic E-state index is 0.457. The third-order valence-corrected chi connectivity index (χ3v) is 3.46. The van der Waals surface area contributed by atoms with Crippen molar-refractivity contribution in [3.8, 4) is 5.75 Å². The molecule has 0 radical (unpaired) electrons. The summed E-state index contributed by atoms with van der Waals surface area (Å²) >= 11 is 0. The van der Waals surface area contributed by atoms with Crippen molar-refractivity contribution in [2.24, 2.45) is 5.73 Å². The smallest absolute Gasteiger partial charge is 0.122 e. The summed E-state index contributed by atoms with van der Waals surface area (Å²) < 4.78 is 5.46. The van der Waals surface area contributed by atoms with Gasteiger partial charge in [-0.15, -0.1) is 0 Å². The molecule has 0 saturated heterocycles. The lowest BCUT2D eigenvalue weighted by molar-refractivity contribution is 0.406. The summed E-state index contributed by atoms with van der Waals surface area (Å²) in [5.41, 5.74) is 9.78. The number of nitrogens with two attached hydrogens (primary N) is 1. The second kappa shape index (κ2) is 6.06. The van der Waals surface area contributed by atoms with Crippen molar-refractivity contribution in [3.05, 3.63) is 28.8 Å². The van der Waals surface area contributed by atoms with Crippen molar-refractivity contribution in [1.29, 1.82) is 0 Å². The topological polar surface area (TPSA) is 35.2 Å². The van der Waals surface area contributed by atoms with E-state index in [1.165, 1.54) is 16.7 Å². The molecular formula is C15H25NO. The molecule has 0 heterocycles. The Morgan fingerprint density at radius 1 is 1.24 bits per heavy atom. The lowest BCUT2D eigenvalue weighted by Crippen LogP contribution is -2.13. The molecule has 17 heavy (non-hydrogen) atoms. The zero-order valence-corrected chi connectivity index (χ0v) is 11.7. The maximum atomic E-state index is 5.85. The van der Waals surface area contributed by atoms with Gasteiger partial charge >= 0.3 is 0 Å². The molecule has 0 aliphatic rings. The third-order valence-electron chi connectivity index (χ3n) is 3.46. The van der Waals surface area contributed by atoms with E-state index in [4.69, 9.17) is 10.5 Å². The van der Waals surface area contributed by atoms with E-state index in [1.54, 1.807) is 7.11 Å². The van der Waals surface area contributed by atoms with Crippen LogP contribution in [0.1, 0.15) is 55.7 Å². The maximum absolute atomic E-state index is 5.85. The average Bonchev–Trinajstić information content (AvgIpc) is 2.31. The predicted molar refractivity (Wildman–Crippen MR) is 73.9 cm³/mol. The highest BCUT2D eigenvalue weighted by Gasteiger charge is 2.15. The molecule has 0 aliphatic heterocycles. The normalized spacial score (nSPS) is 12.9. The third kappa shape index (κ3) is 3.01. The van der Waals surface area contributed by atoms with Gasteiger partial charge in [0, 0.05) is 0 Å². The number of hydrogen-bond acceptors (Lipinski definition) is 2. The molecule has 0 spiro atoms. The van der Waals surface area contributed by atoms with Crippen molar-refractivity contribution < 1.29 is 4.74 Å². The van der Waals surface area contributed by atoms with Gasteiger partial charge in [-0.1, -0.05) is 26.8 Å². The van der Waals surface area contributed by atoms with Crippen molar-refractivity contribution >= 4 is 0 Å². The molecule has 1 rings (SSSR count). The van der Waals surface area contributed by atoms with Crippen LogP contribution in [0.4, 0.5) is 0 Å². The van der Waals surface area contributed by atoms with Crippen molar-refractivity contribution in [3.63, 3.8) is 0 Å². The highest BCUT2D eigenvalue weighted by atomic mass is 16.5. The summed E-state index contributed by atoms with van der Waals surface area (Å²) in [6.07, 6.45) is 1.08. The molecule has 1 aromatic rings. The molecule has 2 heteroatoms. The highest BCUT2D eigenvalue weighted by molar-refractivity contribution is 5.45. The van der Waals surface area contributed by atoms with Gasteiger partial charge in [0.25, 0.3) is 0 Å². The molecule has 1 atom stereocenters. The van der Waals surface area contributed by atoms with Gasteiger partial charge in [-0.05, 0) is 54.5 Å². The van der Waals surface area contributed by atoms with E-state index >= 15 is 0 Å². The van der Waals surface area contributed by atoms with Crippen LogP contribution in [-0.2, 0) is 0 Å². The molecule has 1 aromatic carbocycles. The predicted octanol–water partition coefficient (Wildman–Crippen LogP) is 3.58. The van der Waals surface area contributed by atoms with E-state index in [0.29, 0.717) is 18.4 Å². The lowest BCUT2D eigenvalue weighted by Gasteiger charge is -2.20. The van der Waals surface area contributed by atoms with Gasteiger partial charge in [0.05, 0.1) is 7.11 Å². The Kier molecular flexibility index (Phi) is 5.01. The fourth-order valence-corrected chi connectivity index (χ4v) is 2.30. The summed E-state index contributed by atoms with van der Waals surface area (Å²) in [7, 11) is 1.74. The van der Waals surface area contributed by atoms with Crippen LogP contribution in [0.3, 0.4) is 0 Å². The van der Waals surface area contributed by atoms with Gasteiger partial charge in [0.1, 0.15) is 5.75 Å². The minimum Gasteiger partial charge on any atom is -0.496 e. The summed E-state index contributed by atoms with van der Waals surface area (Å²) in [4.78, 5) is 0. The summed E-state index contributed by atoms with van der Waals surface area (Å²) in [6, 6.07) is 4.42. The Balaban J connectivity index is 3.28. The maximum Gasteiger partial charge on any atom is 0.122 e.